The molecule has 13 heavy (non-hydrogen) atoms. The predicted molar refractivity (Wildman–Crippen MR) is 47.4 cm³/mol. The Kier molecular flexibility index (Phi) is 2.56. The monoisotopic (exact) mass is 179 g/mol. The van der Waals surface area contributed by atoms with Crippen molar-refractivity contribution in [1.82, 2.24) is 0 Å². The summed E-state index contributed by atoms with van der Waals surface area (Å²) in [5.41, 5.74) is 2.70. The fourth-order valence-corrected chi connectivity index (χ4v) is 1.41. The zero-order valence-corrected chi connectivity index (χ0v) is 7.88. The van der Waals surface area contributed by atoms with E-state index in [0.29, 0.717) is 5.75 Å². The molecule has 0 bridgehead atoms. The fraction of sp³-hybridized carbons (Fsp3) is 0.300. The maximum Gasteiger partial charge on any atom is 0.555 e. The summed E-state index contributed by atoms with van der Waals surface area (Å²) < 4.78 is 4.54. The highest BCUT2D eigenvalue weighted by Gasteiger charge is 2.09. The number of ether oxygens (including phenoxy) is 1. The summed E-state index contributed by atoms with van der Waals surface area (Å²) in [5.74, 6) is 0.380. The molecular weight excluding hydrogens is 168 g/mol. The Hall–Kier alpha value is -1.51. The van der Waals surface area contributed by atoms with Crippen LogP contribution < -0.4 is 4.74 Å². The average molecular weight is 179 g/mol. The van der Waals surface area contributed by atoms with Crippen molar-refractivity contribution in [3.63, 3.8) is 0 Å². The molecule has 3 nitrogen and oxygen atoms in total. The van der Waals surface area contributed by atoms with Gasteiger partial charge in [-0.15, -0.1) is 0 Å². The van der Waals surface area contributed by atoms with Crippen molar-refractivity contribution in [2.24, 2.45) is 0 Å². The molecule has 69 valence electrons. The maximum absolute atomic E-state index is 10.2. The Morgan fingerprint density at radius 2 is 1.62 bits per heavy atom. The number of rotatable bonds is 1. The van der Waals surface area contributed by atoms with Gasteiger partial charge >= 0.3 is 6.16 Å². The summed E-state index contributed by atoms with van der Waals surface area (Å²) >= 11 is 0. The number of hydrogen-bond donors (Lipinski definition) is 0. The van der Waals surface area contributed by atoms with Crippen LogP contribution in [-0.2, 0) is 5.11 Å². The third-order valence-corrected chi connectivity index (χ3v) is 1.79. The first-order chi connectivity index (χ1) is 6.00. The largest absolute Gasteiger partial charge is 0.555 e. The van der Waals surface area contributed by atoms with E-state index < -0.39 is 6.16 Å². The van der Waals surface area contributed by atoms with E-state index in [1.165, 1.54) is 0 Å². The van der Waals surface area contributed by atoms with E-state index in [0.717, 1.165) is 16.7 Å². The minimum absolute atomic E-state index is 0.380. The van der Waals surface area contributed by atoms with E-state index in [9.17, 15) is 9.90 Å². The molecule has 1 aromatic rings. The van der Waals surface area contributed by atoms with Gasteiger partial charge < -0.3 is 4.74 Å². The second-order valence-electron chi connectivity index (χ2n) is 3.08. The quantitative estimate of drug-likeness (QED) is 0.491. The van der Waals surface area contributed by atoms with Crippen LogP contribution in [0.2, 0.25) is 0 Å². The third-order valence-electron chi connectivity index (χ3n) is 1.79. The highest BCUT2D eigenvalue weighted by atomic mass is 16.7. The van der Waals surface area contributed by atoms with E-state index in [1.54, 1.807) is 13.8 Å². The molecule has 0 amide bonds. The minimum Gasteiger partial charge on any atom is -0.392 e. The van der Waals surface area contributed by atoms with E-state index in [1.807, 2.05) is 19.1 Å². The molecular formula is C10H11O3. The van der Waals surface area contributed by atoms with Crippen molar-refractivity contribution in [3.8, 4) is 5.75 Å². The number of hydrogen-bond acceptors (Lipinski definition) is 2. The highest BCUT2D eigenvalue weighted by Crippen LogP contribution is 2.24. The Labute approximate surface area is 77.0 Å². The van der Waals surface area contributed by atoms with Crippen molar-refractivity contribution in [2.75, 3.05) is 0 Å². The number of carbonyl (C=O) groups excluding carboxylic acids is 1. The zero-order chi connectivity index (χ0) is 10.0. The van der Waals surface area contributed by atoms with Gasteiger partial charge in [0, 0.05) is 0 Å². The second kappa shape index (κ2) is 3.47. The number of benzene rings is 1. The van der Waals surface area contributed by atoms with Crippen LogP contribution in [0.1, 0.15) is 16.7 Å². The van der Waals surface area contributed by atoms with Crippen LogP contribution in [0, 0.1) is 20.8 Å². The maximum atomic E-state index is 10.2. The fourth-order valence-electron chi connectivity index (χ4n) is 1.41. The molecule has 0 heterocycles. The van der Waals surface area contributed by atoms with Crippen LogP contribution >= 0.6 is 0 Å². The molecule has 0 aliphatic heterocycles. The van der Waals surface area contributed by atoms with Crippen LogP contribution in [0.4, 0.5) is 4.79 Å². The van der Waals surface area contributed by atoms with Crippen molar-refractivity contribution in [2.45, 2.75) is 20.8 Å². The van der Waals surface area contributed by atoms with Gasteiger partial charge in [-0.1, -0.05) is 17.7 Å². The van der Waals surface area contributed by atoms with Gasteiger partial charge in [-0.05, 0) is 31.9 Å². The first-order valence-electron chi connectivity index (χ1n) is 3.97. The Morgan fingerprint density at radius 1 is 1.15 bits per heavy atom. The summed E-state index contributed by atoms with van der Waals surface area (Å²) in [6.45, 7) is 5.55. The average Bonchev–Trinajstić information content (AvgIpc) is 1.96. The van der Waals surface area contributed by atoms with Crippen LogP contribution in [0.3, 0.4) is 0 Å². The molecule has 1 radical (unpaired) electrons. The molecule has 0 atom stereocenters. The molecule has 3 heteroatoms. The topological polar surface area (TPSA) is 46.2 Å². The van der Waals surface area contributed by atoms with Crippen LogP contribution in [-0.4, -0.2) is 6.16 Å². The van der Waals surface area contributed by atoms with Crippen molar-refractivity contribution >= 4 is 6.16 Å². The Balaban J connectivity index is 3.13. The van der Waals surface area contributed by atoms with Crippen LogP contribution in [0.15, 0.2) is 12.1 Å². The van der Waals surface area contributed by atoms with E-state index >= 15 is 0 Å². The first-order valence-corrected chi connectivity index (χ1v) is 3.97. The lowest BCUT2D eigenvalue weighted by Gasteiger charge is -2.07. The minimum atomic E-state index is -1.52. The lowest BCUT2D eigenvalue weighted by atomic mass is 10.1. The third kappa shape index (κ3) is 2.21. The van der Waals surface area contributed by atoms with Gasteiger partial charge in [-0.3, -0.25) is 0 Å². The normalized spacial score (nSPS) is 9.77. The standard InChI is InChI=1S/C10H11O3/c1-6-4-7(2)9(8(3)5-6)13-10(11)12/h4-5H,1-3H3. The Morgan fingerprint density at radius 3 is 2.00 bits per heavy atom. The van der Waals surface area contributed by atoms with Gasteiger partial charge in [-0.25, -0.2) is 0 Å². The SMILES string of the molecule is Cc1cc(C)c(OC([O])=O)c(C)c1. The van der Waals surface area contributed by atoms with E-state index in [-0.39, 0.29) is 0 Å². The molecule has 0 saturated carbocycles. The molecule has 0 aliphatic rings. The predicted octanol–water partition coefficient (Wildman–Crippen LogP) is 2.54. The smallest absolute Gasteiger partial charge is 0.392 e. The lowest BCUT2D eigenvalue weighted by molar-refractivity contribution is 0.116. The van der Waals surface area contributed by atoms with Gasteiger partial charge in [0.05, 0.1) is 0 Å². The molecule has 1 aromatic carbocycles. The van der Waals surface area contributed by atoms with Crippen molar-refractivity contribution < 1.29 is 14.6 Å². The van der Waals surface area contributed by atoms with Gasteiger partial charge in [0.25, 0.3) is 0 Å². The van der Waals surface area contributed by atoms with E-state index in [2.05, 4.69) is 4.74 Å². The molecule has 0 saturated heterocycles. The molecule has 0 aromatic heterocycles. The molecule has 0 fully saturated rings. The lowest BCUT2D eigenvalue weighted by Crippen LogP contribution is -2.04. The molecule has 0 N–H and O–H groups in total. The second-order valence-corrected chi connectivity index (χ2v) is 3.08. The van der Waals surface area contributed by atoms with Crippen molar-refractivity contribution in [1.29, 1.82) is 0 Å². The van der Waals surface area contributed by atoms with Crippen LogP contribution in [0.5, 0.6) is 5.75 Å². The number of carbonyl (C=O) groups is 1. The van der Waals surface area contributed by atoms with Gasteiger partial charge in [0.2, 0.25) is 0 Å². The summed E-state index contributed by atoms with van der Waals surface area (Å²) in [4.78, 5) is 10.2. The Bertz CT molecular complexity index is 319. The van der Waals surface area contributed by atoms with Gasteiger partial charge in [-0.2, -0.15) is 9.90 Å². The zero-order valence-electron chi connectivity index (χ0n) is 7.88. The van der Waals surface area contributed by atoms with Gasteiger partial charge in [0.1, 0.15) is 5.75 Å². The van der Waals surface area contributed by atoms with Gasteiger partial charge in [0.15, 0.2) is 0 Å². The summed E-state index contributed by atoms with van der Waals surface area (Å²) in [6, 6.07) is 3.73. The molecule has 1 rings (SSSR count). The highest BCUT2D eigenvalue weighted by molar-refractivity contribution is 5.62. The summed E-state index contributed by atoms with van der Waals surface area (Å²) in [7, 11) is 0. The summed E-state index contributed by atoms with van der Waals surface area (Å²) in [6.07, 6.45) is -1.52. The first kappa shape index (κ1) is 9.58. The molecule has 0 unspecified atom stereocenters. The number of aryl methyl sites for hydroxylation is 3. The van der Waals surface area contributed by atoms with Crippen LogP contribution in [0.25, 0.3) is 0 Å². The molecule has 0 aliphatic carbocycles. The molecule has 0 spiro atoms. The summed E-state index contributed by atoms with van der Waals surface area (Å²) in [5, 5.41) is 10.2. The van der Waals surface area contributed by atoms with Crippen molar-refractivity contribution in [3.05, 3.63) is 28.8 Å². The van der Waals surface area contributed by atoms with E-state index in [4.69, 9.17) is 0 Å².